The predicted molar refractivity (Wildman–Crippen MR) is 84.4 cm³/mol. The van der Waals surface area contributed by atoms with Gasteiger partial charge in [0.05, 0.1) is 17.4 Å². The van der Waals surface area contributed by atoms with E-state index < -0.39 is 0 Å². The Morgan fingerprint density at radius 1 is 1.14 bits per heavy atom. The molecule has 1 N–H and O–H groups in total. The van der Waals surface area contributed by atoms with Crippen LogP contribution in [0.15, 0.2) is 54.9 Å². The molecule has 0 aliphatic heterocycles. The number of rotatable bonds is 4. The fraction of sp³-hybridized carbons (Fsp3) is 0.125. The van der Waals surface area contributed by atoms with Gasteiger partial charge in [0.25, 0.3) is 0 Å². The van der Waals surface area contributed by atoms with Gasteiger partial charge in [0.2, 0.25) is 5.91 Å². The van der Waals surface area contributed by atoms with Gasteiger partial charge in [0, 0.05) is 23.7 Å². The Labute approximate surface area is 127 Å². The lowest BCUT2D eigenvalue weighted by Gasteiger charge is -2.06. The van der Waals surface area contributed by atoms with Crippen LogP contribution in [0.5, 0.6) is 0 Å². The molecule has 0 aliphatic rings. The minimum Gasteiger partial charge on any atom is -0.330 e. The van der Waals surface area contributed by atoms with E-state index in [1.165, 1.54) is 0 Å². The fourth-order valence-corrected chi connectivity index (χ4v) is 2.29. The predicted octanol–water partition coefficient (Wildman–Crippen LogP) is 3.72. The molecule has 0 fully saturated rings. The molecule has 0 saturated carbocycles. The molecule has 106 valence electrons. The Balaban J connectivity index is 1.62. The van der Waals surface area contributed by atoms with Crippen LogP contribution < -0.4 is 5.32 Å². The van der Waals surface area contributed by atoms with E-state index in [9.17, 15) is 4.79 Å². The van der Waals surface area contributed by atoms with Crippen LogP contribution in [0.25, 0.3) is 11.0 Å². The van der Waals surface area contributed by atoms with Gasteiger partial charge in [0.1, 0.15) is 0 Å². The van der Waals surface area contributed by atoms with Crippen molar-refractivity contribution < 1.29 is 4.79 Å². The third-order valence-corrected chi connectivity index (χ3v) is 3.49. The van der Waals surface area contributed by atoms with Crippen molar-refractivity contribution in [2.75, 3.05) is 5.32 Å². The molecule has 0 saturated heterocycles. The first-order chi connectivity index (χ1) is 10.2. The minimum absolute atomic E-state index is 0.0323. The summed E-state index contributed by atoms with van der Waals surface area (Å²) in [6.45, 7) is 0.597. The zero-order chi connectivity index (χ0) is 14.7. The van der Waals surface area contributed by atoms with E-state index in [-0.39, 0.29) is 5.91 Å². The standard InChI is InChI=1S/C16H14ClN3O/c17-12-5-7-13(8-6-12)19-16(21)9-10-20-11-18-14-3-1-2-4-15(14)20/h1-8,11H,9-10H2,(H,19,21). The smallest absolute Gasteiger partial charge is 0.226 e. The molecule has 0 radical (unpaired) electrons. The summed E-state index contributed by atoms with van der Waals surface area (Å²) in [7, 11) is 0. The normalized spacial score (nSPS) is 10.7. The van der Waals surface area contributed by atoms with Gasteiger partial charge in [-0.25, -0.2) is 4.98 Å². The Morgan fingerprint density at radius 2 is 1.90 bits per heavy atom. The maximum atomic E-state index is 12.0. The van der Waals surface area contributed by atoms with Crippen molar-refractivity contribution in [3.63, 3.8) is 0 Å². The summed E-state index contributed by atoms with van der Waals surface area (Å²) < 4.78 is 1.98. The van der Waals surface area contributed by atoms with Gasteiger partial charge in [-0.1, -0.05) is 23.7 Å². The van der Waals surface area contributed by atoms with Crippen LogP contribution in [-0.4, -0.2) is 15.5 Å². The second-order valence-corrected chi connectivity index (χ2v) is 5.17. The SMILES string of the molecule is O=C(CCn1cnc2ccccc21)Nc1ccc(Cl)cc1. The molecule has 4 nitrogen and oxygen atoms in total. The number of nitrogens with one attached hydrogen (secondary N) is 1. The molecule has 0 spiro atoms. The van der Waals surface area contributed by atoms with E-state index in [1.54, 1.807) is 30.6 Å². The summed E-state index contributed by atoms with van der Waals surface area (Å²) in [4.78, 5) is 16.3. The maximum absolute atomic E-state index is 12.0. The van der Waals surface area contributed by atoms with Crippen LogP contribution in [0.1, 0.15) is 6.42 Å². The number of amides is 1. The highest BCUT2D eigenvalue weighted by atomic mass is 35.5. The molecular weight excluding hydrogens is 286 g/mol. The molecule has 21 heavy (non-hydrogen) atoms. The number of carbonyl (C=O) groups is 1. The number of nitrogens with zero attached hydrogens (tertiary/aromatic N) is 2. The molecule has 0 aliphatic carbocycles. The molecular formula is C16H14ClN3O. The number of para-hydroxylation sites is 2. The fourth-order valence-electron chi connectivity index (χ4n) is 2.17. The highest BCUT2D eigenvalue weighted by molar-refractivity contribution is 6.30. The van der Waals surface area contributed by atoms with Crippen molar-refractivity contribution in [2.24, 2.45) is 0 Å². The van der Waals surface area contributed by atoms with Crippen molar-refractivity contribution in [1.82, 2.24) is 9.55 Å². The Morgan fingerprint density at radius 3 is 2.71 bits per heavy atom. The van der Waals surface area contributed by atoms with Crippen LogP contribution in [0.3, 0.4) is 0 Å². The Hall–Kier alpha value is -2.33. The van der Waals surface area contributed by atoms with Gasteiger partial charge in [0.15, 0.2) is 0 Å². The largest absolute Gasteiger partial charge is 0.330 e. The topological polar surface area (TPSA) is 46.9 Å². The molecule has 1 amide bonds. The molecule has 0 unspecified atom stereocenters. The zero-order valence-corrected chi connectivity index (χ0v) is 12.0. The van der Waals surface area contributed by atoms with Gasteiger partial charge >= 0.3 is 0 Å². The van der Waals surface area contributed by atoms with Crippen LogP contribution in [-0.2, 0) is 11.3 Å². The molecule has 0 atom stereocenters. The monoisotopic (exact) mass is 299 g/mol. The lowest BCUT2D eigenvalue weighted by Crippen LogP contribution is -2.14. The summed E-state index contributed by atoms with van der Waals surface area (Å²) in [5, 5.41) is 3.50. The highest BCUT2D eigenvalue weighted by Crippen LogP contribution is 2.15. The van der Waals surface area contributed by atoms with E-state index in [4.69, 9.17) is 11.6 Å². The van der Waals surface area contributed by atoms with Crippen LogP contribution in [0.4, 0.5) is 5.69 Å². The Kier molecular flexibility index (Phi) is 3.88. The van der Waals surface area contributed by atoms with E-state index in [0.717, 1.165) is 16.7 Å². The number of aryl methyl sites for hydroxylation is 1. The lowest BCUT2D eigenvalue weighted by molar-refractivity contribution is -0.116. The van der Waals surface area contributed by atoms with Crippen molar-refractivity contribution in [2.45, 2.75) is 13.0 Å². The molecule has 3 rings (SSSR count). The van der Waals surface area contributed by atoms with Gasteiger partial charge in [-0.05, 0) is 36.4 Å². The van der Waals surface area contributed by atoms with E-state index in [1.807, 2.05) is 28.8 Å². The average molecular weight is 300 g/mol. The van der Waals surface area contributed by atoms with E-state index in [2.05, 4.69) is 10.3 Å². The van der Waals surface area contributed by atoms with Crippen molar-refractivity contribution in [3.8, 4) is 0 Å². The number of anilines is 1. The average Bonchev–Trinajstić information content (AvgIpc) is 2.91. The summed E-state index contributed by atoms with van der Waals surface area (Å²) >= 11 is 5.81. The number of benzene rings is 2. The summed E-state index contributed by atoms with van der Waals surface area (Å²) in [6.07, 6.45) is 2.16. The first-order valence-electron chi connectivity index (χ1n) is 6.68. The Bertz CT molecular complexity index is 765. The van der Waals surface area contributed by atoms with Gasteiger partial charge in [-0.2, -0.15) is 0 Å². The second kappa shape index (κ2) is 5.97. The summed E-state index contributed by atoms with van der Waals surface area (Å²) in [5.41, 5.74) is 2.73. The van der Waals surface area contributed by atoms with Crippen LogP contribution in [0, 0.1) is 0 Å². The maximum Gasteiger partial charge on any atom is 0.226 e. The first-order valence-corrected chi connectivity index (χ1v) is 7.05. The minimum atomic E-state index is -0.0323. The van der Waals surface area contributed by atoms with Crippen molar-refractivity contribution in [1.29, 1.82) is 0 Å². The number of halogens is 1. The lowest BCUT2D eigenvalue weighted by atomic mass is 10.3. The first kappa shape index (κ1) is 13.6. The van der Waals surface area contributed by atoms with Gasteiger partial charge in [-0.3, -0.25) is 4.79 Å². The second-order valence-electron chi connectivity index (χ2n) is 4.73. The van der Waals surface area contributed by atoms with E-state index in [0.29, 0.717) is 18.0 Å². The molecule has 3 aromatic rings. The molecule has 1 aromatic heterocycles. The third-order valence-electron chi connectivity index (χ3n) is 3.24. The molecule has 2 aromatic carbocycles. The number of hydrogen-bond acceptors (Lipinski definition) is 2. The van der Waals surface area contributed by atoms with Gasteiger partial charge < -0.3 is 9.88 Å². The quantitative estimate of drug-likeness (QED) is 0.798. The molecule has 5 heteroatoms. The number of aromatic nitrogens is 2. The number of imidazole rings is 1. The van der Waals surface area contributed by atoms with Crippen molar-refractivity contribution >= 4 is 34.2 Å². The highest BCUT2D eigenvalue weighted by Gasteiger charge is 2.05. The molecule has 0 bridgehead atoms. The van der Waals surface area contributed by atoms with Crippen LogP contribution in [0.2, 0.25) is 5.02 Å². The zero-order valence-electron chi connectivity index (χ0n) is 11.3. The van der Waals surface area contributed by atoms with Gasteiger partial charge in [-0.15, -0.1) is 0 Å². The molecule has 1 heterocycles. The number of hydrogen-bond donors (Lipinski definition) is 1. The summed E-state index contributed by atoms with van der Waals surface area (Å²) in [6, 6.07) is 14.9. The number of carbonyl (C=O) groups excluding carboxylic acids is 1. The summed E-state index contributed by atoms with van der Waals surface area (Å²) in [5.74, 6) is -0.0323. The third kappa shape index (κ3) is 3.23. The van der Waals surface area contributed by atoms with Crippen LogP contribution >= 0.6 is 11.6 Å². The number of fused-ring (bicyclic) bond motifs is 1. The van der Waals surface area contributed by atoms with Crippen molar-refractivity contribution in [3.05, 3.63) is 59.9 Å². The van der Waals surface area contributed by atoms with E-state index >= 15 is 0 Å².